The third-order valence-corrected chi connectivity index (χ3v) is 3.84. The minimum Gasteiger partial charge on any atom is -0.354 e. The van der Waals surface area contributed by atoms with Crippen LogP contribution < -0.4 is 10.6 Å². The van der Waals surface area contributed by atoms with E-state index >= 15 is 0 Å². The van der Waals surface area contributed by atoms with E-state index in [-0.39, 0.29) is 11.9 Å². The highest BCUT2D eigenvalue weighted by atomic mass is 16.1. The summed E-state index contributed by atoms with van der Waals surface area (Å²) in [6.07, 6.45) is 3.64. The Kier molecular flexibility index (Phi) is 5.39. The van der Waals surface area contributed by atoms with Gasteiger partial charge in [0, 0.05) is 49.7 Å². The molecule has 0 spiro atoms. The van der Waals surface area contributed by atoms with Crippen LogP contribution in [0, 0.1) is 0 Å². The largest absolute Gasteiger partial charge is 0.354 e. The van der Waals surface area contributed by atoms with Crippen molar-refractivity contribution in [3.63, 3.8) is 0 Å². The summed E-state index contributed by atoms with van der Waals surface area (Å²) in [6, 6.07) is 8.64. The maximum atomic E-state index is 11.7. The van der Waals surface area contributed by atoms with Crippen LogP contribution in [0.4, 0.5) is 0 Å². The van der Waals surface area contributed by atoms with Crippen molar-refractivity contribution in [1.82, 2.24) is 15.2 Å². The van der Waals surface area contributed by atoms with Crippen molar-refractivity contribution >= 4 is 16.8 Å². The van der Waals surface area contributed by atoms with E-state index in [1.807, 2.05) is 6.92 Å². The molecule has 4 nitrogen and oxygen atoms in total. The lowest BCUT2D eigenvalue weighted by Gasteiger charge is -2.11. The third kappa shape index (κ3) is 4.08. The van der Waals surface area contributed by atoms with Gasteiger partial charge in [0.25, 0.3) is 0 Å². The van der Waals surface area contributed by atoms with Crippen LogP contribution in [-0.4, -0.2) is 23.1 Å². The van der Waals surface area contributed by atoms with Crippen LogP contribution in [0.2, 0.25) is 0 Å². The van der Waals surface area contributed by atoms with Crippen molar-refractivity contribution in [1.29, 1.82) is 0 Å². The van der Waals surface area contributed by atoms with E-state index in [1.165, 1.54) is 16.5 Å². The predicted molar refractivity (Wildman–Crippen MR) is 87.1 cm³/mol. The summed E-state index contributed by atoms with van der Waals surface area (Å²) in [5.74, 6) is 0.120. The van der Waals surface area contributed by atoms with Gasteiger partial charge in [-0.3, -0.25) is 4.79 Å². The van der Waals surface area contributed by atoms with Gasteiger partial charge in [-0.25, -0.2) is 0 Å². The molecule has 114 valence electrons. The lowest BCUT2D eigenvalue weighted by molar-refractivity contribution is -0.121. The van der Waals surface area contributed by atoms with Gasteiger partial charge in [-0.1, -0.05) is 25.1 Å². The number of hydrogen-bond donors (Lipinski definition) is 2. The third-order valence-electron chi connectivity index (χ3n) is 3.84. The van der Waals surface area contributed by atoms with Crippen molar-refractivity contribution in [2.24, 2.45) is 7.05 Å². The highest BCUT2D eigenvalue weighted by Crippen LogP contribution is 2.19. The second kappa shape index (κ2) is 7.27. The zero-order chi connectivity index (χ0) is 15.2. The molecule has 1 atom stereocenters. The molecule has 1 aromatic heterocycles. The normalized spacial score (nSPS) is 12.5. The number of nitrogens with one attached hydrogen (secondary N) is 2. The molecule has 0 bridgehead atoms. The fourth-order valence-electron chi connectivity index (χ4n) is 2.44. The van der Waals surface area contributed by atoms with Gasteiger partial charge < -0.3 is 15.2 Å². The number of nitrogens with zero attached hydrogens (tertiary/aromatic N) is 1. The van der Waals surface area contributed by atoms with Crippen LogP contribution in [0.1, 0.15) is 32.3 Å². The first kappa shape index (κ1) is 15.6. The Hall–Kier alpha value is -1.81. The Morgan fingerprint density at radius 1 is 1.33 bits per heavy atom. The fourth-order valence-corrected chi connectivity index (χ4v) is 2.44. The molecule has 1 unspecified atom stereocenters. The number of carbonyl (C=O) groups excluding carboxylic acids is 1. The van der Waals surface area contributed by atoms with Gasteiger partial charge in [0.2, 0.25) is 5.91 Å². The van der Waals surface area contributed by atoms with E-state index in [0.717, 1.165) is 13.0 Å². The summed E-state index contributed by atoms with van der Waals surface area (Å²) in [4.78, 5) is 11.7. The van der Waals surface area contributed by atoms with Gasteiger partial charge in [-0.15, -0.1) is 0 Å². The van der Waals surface area contributed by atoms with Crippen molar-refractivity contribution in [3.8, 4) is 0 Å². The molecule has 1 amide bonds. The Morgan fingerprint density at radius 2 is 2.10 bits per heavy atom. The monoisotopic (exact) mass is 287 g/mol. The summed E-state index contributed by atoms with van der Waals surface area (Å²) >= 11 is 0. The van der Waals surface area contributed by atoms with E-state index in [2.05, 4.69) is 59.6 Å². The van der Waals surface area contributed by atoms with E-state index in [4.69, 9.17) is 0 Å². The average molecular weight is 287 g/mol. The van der Waals surface area contributed by atoms with Gasteiger partial charge >= 0.3 is 0 Å². The molecule has 4 heteroatoms. The zero-order valence-corrected chi connectivity index (χ0v) is 13.1. The maximum Gasteiger partial charge on any atom is 0.221 e. The number of rotatable bonds is 7. The first-order valence-corrected chi connectivity index (χ1v) is 7.64. The van der Waals surface area contributed by atoms with Gasteiger partial charge in [-0.05, 0) is 25.0 Å². The summed E-state index contributed by atoms with van der Waals surface area (Å²) in [6.45, 7) is 5.59. The molecule has 2 rings (SSSR count). The summed E-state index contributed by atoms with van der Waals surface area (Å²) in [5, 5.41) is 7.61. The van der Waals surface area contributed by atoms with Crippen LogP contribution in [0.25, 0.3) is 10.9 Å². The molecule has 0 aliphatic carbocycles. The number of fused-ring (bicyclic) bond motifs is 1. The van der Waals surface area contributed by atoms with Gasteiger partial charge in [0.15, 0.2) is 0 Å². The Balaban J connectivity index is 1.82. The topological polar surface area (TPSA) is 46.1 Å². The van der Waals surface area contributed by atoms with Gasteiger partial charge in [0.05, 0.1) is 0 Å². The van der Waals surface area contributed by atoms with Crippen molar-refractivity contribution in [2.45, 2.75) is 39.3 Å². The van der Waals surface area contributed by atoms with Crippen LogP contribution in [-0.2, 0) is 18.4 Å². The molecule has 0 radical (unpaired) electrons. The second-order valence-electron chi connectivity index (χ2n) is 5.59. The Morgan fingerprint density at radius 3 is 2.86 bits per heavy atom. The molecule has 1 aromatic carbocycles. The highest BCUT2D eigenvalue weighted by molar-refractivity contribution is 5.83. The number of benzene rings is 1. The zero-order valence-electron chi connectivity index (χ0n) is 13.1. The number of hydrogen-bond acceptors (Lipinski definition) is 2. The van der Waals surface area contributed by atoms with Crippen LogP contribution >= 0.6 is 0 Å². The first-order chi connectivity index (χ1) is 10.1. The molecular weight excluding hydrogens is 262 g/mol. The molecule has 0 aliphatic rings. The quantitative estimate of drug-likeness (QED) is 0.769. The molecule has 0 saturated carbocycles. The van der Waals surface area contributed by atoms with Crippen LogP contribution in [0.15, 0.2) is 30.5 Å². The van der Waals surface area contributed by atoms with Crippen molar-refractivity contribution in [3.05, 3.63) is 36.0 Å². The molecule has 0 saturated heterocycles. The van der Waals surface area contributed by atoms with E-state index in [1.54, 1.807) is 0 Å². The molecule has 0 fully saturated rings. The van der Waals surface area contributed by atoms with Crippen LogP contribution in [0.5, 0.6) is 0 Å². The van der Waals surface area contributed by atoms with E-state index in [9.17, 15) is 4.79 Å². The molecular formula is C17H25N3O. The number of carbonyl (C=O) groups is 1. The molecule has 1 heterocycles. The Labute approximate surface area is 126 Å². The Bertz CT molecular complexity index is 603. The molecule has 2 N–H and O–H groups in total. The van der Waals surface area contributed by atoms with Crippen molar-refractivity contribution in [2.75, 3.05) is 6.54 Å². The van der Waals surface area contributed by atoms with E-state index < -0.39 is 0 Å². The minimum absolute atomic E-state index is 0.120. The highest BCUT2D eigenvalue weighted by Gasteiger charge is 2.07. The van der Waals surface area contributed by atoms with E-state index in [0.29, 0.717) is 13.0 Å². The predicted octanol–water partition coefficient (Wildman–Crippen LogP) is 2.57. The van der Waals surface area contributed by atoms with Crippen LogP contribution in [0.3, 0.4) is 0 Å². The molecule has 21 heavy (non-hydrogen) atoms. The standard InChI is InChI=1S/C17H25N3O/c1-4-13(2)19-17(21)9-10-18-11-14-12-20(3)16-8-6-5-7-15(14)16/h5-8,12-13,18H,4,9-11H2,1-3H3,(H,19,21). The smallest absolute Gasteiger partial charge is 0.221 e. The second-order valence-corrected chi connectivity index (χ2v) is 5.59. The SMILES string of the molecule is CCC(C)NC(=O)CCNCc1cn(C)c2ccccc12. The molecule has 0 aliphatic heterocycles. The van der Waals surface area contributed by atoms with Gasteiger partial charge in [0.1, 0.15) is 0 Å². The maximum absolute atomic E-state index is 11.7. The number of aryl methyl sites for hydroxylation is 1. The summed E-state index contributed by atoms with van der Waals surface area (Å²) in [5.41, 5.74) is 2.51. The minimum atomic E-state index is 0.120. The fraction of sp³-hybridized carbons (Fsp3) is 0.471. The number of aromatic nitrogens is 1. The number of amides is 1. The number of para-hydroxylation sites is 1. The summed E-state index contributed by atoms with van der Waals surface area (Å²) < 4.78 is 2.14. The average Bonchev–Trinajstić information content (AvgIpc) is 2.80. The summed E-state index contributed by atoms with van der Waals surface area (Å²) in [7, 11) is 2.06. The molecule has 2 aromatic rings. The van der Waals surface area contributed by atoms with Crippen molar-refractivity contribution < 1.29 is 4.79 Å². The lowest BCUT2D eigenvalue weighted by Crippen LogP contribution is -2.33. The lowest BCUT2D eigenvalue weighted by atomic mass is 10.2. The van der Waals surface area contributed by atoms with Gasteiger partial charge in [-0.2, -0.15) is 0 Å². The first-order valence-electron chi connectivity index (χ1n) is 7.64.